The maximum Gasteiger partial charge on any atom is 0.306 e. The van der Waals surface area contributed by atoms with Crippen LogP contribution in [-0.2, 0) is 25.8 Å². The molecule has 0 amide bonds. The Kier molecular flexibility index (Phi) is 11.4. The lowest BCUT2D eigenvalue weighted by Crippen LogP contribution is -2.47. The van der Waals surface area contributed by atoms with E-state index in [1.165, 1.54) is 22.3 Å². The van der Waals surface area contributed by atoms with Gasteiger partial charge < -0.3 is 13.9 Å². The van der Waals surface area contributed by atoms with Crippen LogP contribution in [-0.4, -0.2) is 33.1 Å². The van der Waals surface area contributed by atoms with Gasteiger partial charge in [-0.15, -0.1) is 0 Å². The van der Waals surface area contributed by atoms with Crippen LogP contribution in [0.5, 0.6) is 5.75 Å². The highest BCUT2D eigenvalue weighted by Gasteiger charge is 2.41. The third-order valence-corrected chi connectivity index (χ3v) is 14.8. The number of hydrogen-bond donors (Lipinski definition) is 0. The summed E-state index contributed by atoms with van der Waals surface area (Å²) in [5.74, 6) is 0.753. The summed E-state index contributed by atoms with van der Waals surface area (Å²) < 4.78 is 18.6. The summed E-state index contributed by atoms with van der Waals surface area (Å²) in [5.41, 5.74) is 6.64. The summed E-state index contributed by atoms with van der Waals surface area (Å²) >= 11 is 0. The van der Waals surface area contributed by atoms with Gasteiger partial charge in [-0.05, 0) is 110 Å². The Morgan fingerprint density at radius 2 is 1.53 bits per heavy atom. The van der Waals surface area contributed by atoms with Crippen LogP contribution in [0.3, 0.4) is 0 Å². The molecule has 1 unspecified atom stereocenters. The quantitative estimate of drug-likeness (QED) is 0.178. The van der Waals surface area contributed by atoms with Gasteiger partial charge in [-0.3, -0.25) is 4.79 Å². The molecule has 0 N–H and O–H groups in total. The Bertz CT molecular complexity index is 1230. The Morgan fingerprint density at radius 1 is 0.930 bits per heavy atom. The summed E-state index contributed by atoms with van der Waals surface area (Å²) in [7, 11) is -1.87. The Labute approximate surface area is 264 Å². The van der Waals surface area contributed by atoms with Crippen molar-refractivity contribution in [3.63, 3.8) is 0 Å². The number of ether oxygens (including phenoxy) is 2. The maximum absolute atomic E-state index is 11.7. The number of hydrogen-bond acceptors (Lipinski definition) is 4. The second kappa shape index (κ2) is 13.9. The number of rotatable bonds is 12. The number of benzene rings is 2. The van der Waals surface area contributed by atoms with Gasteiger partial charge in [0.1, 0.15) is 18.5 Å². The van der Waals surface area contributed by atoms with Crippen molar-refractivity contribution in [3.8, 4) is 5.75 Å². The highest BCUT2D eigenvalue weighted by molar-refractivity contribution is 6.74. The number of carbonyl (C=O) groups is 1. The van der Waals surface area contributed by atoms with E-state index in [1.807, 2.05) is 0 Å². The van der Waals surface area contributed by atoms with Gasteiger partial charge in [-0.1, -0.05) is 85.7 Å². The van der Waals surface area contributed by atoms with Crippen LogP contribution in [0.15, 0.2) is 36.4 Å². The molecule has 1 aliphatic rings. The molecule has 0 aromatic heterocycles. The first-order valence-corrected chi connectivity index (χ1v) is 19.6. The molecule has 3 rings (SSSR count). The van der Waals surface area contributed by atoms with Crippen LogP contribution in [0.25, 0.3) is 0 Å². The molecule has 1 fully saturated rings. The number of carbonyl (C=O) groups excluding carboxylic acids is 1. The second-order valence-corrected chi connectivity index (χ2v) is 20.3. The molecule has 0 bridgehead atoms. The molecule has 1 heterocycles. The third kappa shape index (κ3) is 8.54. The van der Waals surface area contributed by atoms with E-state index in [0.29, 0.717) is 13.0 Å². The van der Waals surface area contributed by atoms with Crippen LogP contribution in [0.1, 0.15) is 122 Å². The molecule has 4 nitrogen and oxygen atoms in total. The lowest BCUT2D eigenvalue weighted by atomic mass is 9.69. The van der Waals surface area contributed by atoms with Crippen LogP contribution in [0.4, 0.5) is 0 Å². The minimum Gasteiger partial charge on any atom is -0.489 e. The standard InChI is InChI=1S/C38H60O4Si/c1-13-38(14-2,31-21-22-33(28(4)25-31)40-26-32-16-15-17-35(39)41-32)30-20-18-29(27(3)24-30)19-23-34(36(5,6)7)42-43(11,12)37(8,9)10/h18,20-22,24-25,32,34H,13-17,19,23,26H2,1-12H3/t32-,34?/m1/s1. The van der Waals surface area contributed by atoms with Crippen molar-refractivity contribution in [2.45, 2.75) is 150 Å². The highest BCUT2D eigenvalue weighted by Crippen LogP contribution is 2.42. The average Bonchev–Trinajstić information content (AvgIpc) is 2.91. The zero-order valence-corrected chi connectivity index (χ0v) is 30.4. The molecule has 2 aromatic carbocycles. The van der Waals surface area contributed by atoms with Crippen LogP contribution in [0, 0.1) is 19.3 Å². The van der Waals surface area contributed by atoms with Gasteiger partial charge in [0, 0.05) is 11.8 Å². The van der Waals surface area contributed by atoms with Crippen molar-refractivity contribution >= 4 is 14.3 Å². The molecule has 0 aliphatic carbocycles. The van der Waals surface area contributed by atoms with E-state index >= 15 is 0 Å². The van der Waals surface area contributed by atoms with E-state index in [-0.39, 0.29) is 34.0 Å². The minimum absolute atomic E-state index is 0.0646. The average molecular weight is 609 g/mol. The van der Waals surface area contributed by atoms with Crippen LogP contribution >= 0.6 is 0 Å². The molecule has 1 saturated heterocycles. The summed E-state index contributed by atoms with van der Waals surface area (Å²) in [6.07, 6.45) is 6.44. The Morgan fingerprint density at radius 3 is 2.05 bits per heavy atom. The van der Waals surface area contributed by atoms with Gasteiger partial charge in [0.05, 0.1) is 6.10 Å². The van der Waals surface area contributed by atoms with Gasteiger partial charge in [-0.2, -0.15) is 0 Å². The van der Waals surface area contributed by atoms with Crippen LogP contribution < -0.4 is 4.74 Å². The summed E-state index contributed by atoms with van der Waals surface area (Å²) in [5, 5.41) is 0.199. The van der Waals surface area contributed by atoms with Gasteiger partial charge in [-0.25, -0.2) is 0 Å². The molecular formula is C38H60O4Si. The zero-order valence-electron chi connectivity index (χ0n) is 29.4. The maximum atomic E-state index is 11.7. The first-order valence-electron chi connectivity index (χ1n) is 16.6. The topological polar surface area (TPSA) is 44.8 Å². The molecule has 1 aliphatic heterocycles. The van der Waals surface area contributed by atoms with E-state index in [1.54, 1.807) is 0 Å². The number of aryl methyl sites for hydroxylation is 3. The lowest BCUT2D eigenvalue weighted by molar-refractivity contribution is -0.155. The predicted molar refractivity (Wildman–Crippen MR) is 183 cm³/mol. The number of cyclic esters (lactones) is 1. The lowest BCUT2D eigenvalue weighted by Gasteiger charge is -2.43. The van der Waals surface area contributed by atoms with Crippen molar-refractivity contribution in [1.29, 1.82) is 0 Å². The zero-order chi connectivity index (χ0) is 32.2. The predicted octanol–water partition coefficient (Wildman–Crippen LogP) is 10.3. The minimum atomic E-state index is -1.87. The fourth-order valence-corrected chi connectivity index (χ4v) is 7.72. The summed E-state index contributed by atoms with van der Waals surface area (Å²) in [4.78, 5) is 11.7. The van der Waals surface area contributed by atoms with Gasteiger partial charge in [0.25, 0.3) is 0 Å². The molecule has 0 saturated carbocycles. The largest absolute Gasteiger partial charge is 0.489 e. The van der Waals surface area contributed by atoms with E-state index in [4.69, 9.17) is 13.9 Å². The SMILES string of the molecule is CCC(CC)(c1ccc(CCC(O[Si](C)(C)C(C)(C)C)C(C)(C)C)c(C)c1)c1ccc(OC[C@H]2CCCC(=O)O2)c(C)c1. The van der Waals surface area contributed by atoms with Crippen molar-refractivity contribution in [3.05, 3.63) is 64.2 Å². The monoisotopic (exact) mass is 608 g/mol. The molecule has 240 valence electrons. The van der Waals surface area contributed by atoms with Gasteiger partial charge in [0.15, 0.2) is 8.32 Å². The second-order valence-electron chi connectivity index (χ2n) is 15.5. The molecule has 5 heteroatoms. The van der Waals surface area contributed by atoms with E-state index in [0.717, 1.165) is 49.8 Å². The molecule has 2 atom stereocenters. The molecular weight excluding hydrogens is 549 g/mol. The fraction of sp³-hybridized carbons (Fsp3) is 0.658. The van der Waals surface area contributed by atoms with Gasteiger partial charge >= 0.3 is 5.97 Å². The first kappa shape index (κ1) is 35.4. The third-order valence-electron chi connectivity index (χ3n) is 10.3. The molecule has 0 spiro atoms. The van der Waals surface area contributed by atoms with E-state index in [2.05, 4.69) is 119 Å². The molecule has 0 radical (unpaired) electrons. The van der Waals surface area contributed by atoms with E-state index in [9.17, 15) is 4.79 Å². The van der Waals surface area contributed by atoms with Crippen molar-refractivity contribution in [2.75, 3.05) is 6.61 Å². The Balaban J connectivity index is 1.79. The van der Waals surface area contributed by atoms with Gasteiger partial charge in [0.2, 0.25) is 0 Å². The summed E-state index contributed by atoms with van der Waals surface area (Å²) in [6, 6.07) is 13.8. The highest BCUT2D eigenvalue weighted by atomic mass is 28.4. The Hall–Kier alpha value is -2.11. The summed E-state index contributed by atoms with van der Waals surface area (Å²) in [6.45, 7) is 28.1. The fourth-order valence-electron chi connectivity index (χ4n) is 6.18. The van der Waals surface area contributed by atoms with Crippen molar-refractivity contribution < 1.29 is 18.7 Å². The smallest absolute Gasteiger partial charge is 0.306 e. The molecule has 2 aromatic rings. The normalized spacial score (nSPS) is 17.5. The van der Waals surface area contributed by atoms with Crippen LogP contribution in [0.2, 0.25) is 18.1 Å². The van der Waals surface area contributed by atoms with Crippen molar-refractivity contribution in [2.24, 2.45) is 5.41 Å². The number of esters is 1. The first-order chi connectivity index (χ1) is 19.9. The van der Waals surface area contributed by atoms with Crippen molar-refractivity contribution in [1.82, 2.24) is 0 Å². The molecule has 43 heavy (non-hydrogen) atoms. The van der Waals surface area contributed by atoms with E-state index < -0.39 is 8.32 Å².